The van der Waals surface area contributed by atoms with E-state index in [0.29, 0.717) is 6.10 Å². The van der Waals surface area contributed by atoms with Gasteiger partial charge < -0.3 is 8.32 Å². The van der Waals surface area contributed by atoms with Crippen LogP contribution in [0, 0.1) is 47.3 Å². The number of hydrogen-bond acceptors (Lipinski definition) is 2. The van der Waals surface area contributed by atoms with Crippen molar-refractivity contribution < 1.29 is 4.43 Å². The fourth-order valence-corrected chi connectivity index (χ4v) is 26.3. The zero-order chi connectivity index (χ0) is 26.7. The fraction of sp³-hybridized carbons (Fsp3) is 1.00. The van der Waals surface area contributed by atoms with Gasteiger partial charge in [-0.3, -0.25) is 0 Å². The molecule has 5 heteroatoms. The Morgan fingerprint density at radius 1 is 0.714 bits per heavy atom. The number of nitrogens with zero attached hydrogens (tertiary/aromatic N) is 1. The van der Waals surface area contributed by atoms with Crippen LogP contribution in [0.1, 0.15) is 93.4 Å². The first-order valence-electron chi connectivity index (χ1n) is 15.5. The minimum absolute atomic E-state index is 0.485. The molecule has 2 aliphatic rings. The highest BCUT2D eigenvalue weighted by Gasteiger charge is 2.48. The molecule has 7 unspecified atom stereocenters. The molecule has 0 aromatic carbocycles. The van der Waals surface area contributed by atoms with Crippen molar-refractivity contribution >= 4 is 25.7 Å². The second-order valence-electron chi connectivity index (χ2n) is 15.5. The molecule has 208 valence electrons. The Bertz CT molecular complexity index is 580. The van der Waals surface area contributed by atoms with Gasteiger partial charge in [-0.2, -0.15) is 0 Å². The highest BCUT2D eigenvalue weighted by atomic mass is 28.5. The van der Waals surface area contributed by atoms with E-state index in [0.717, 1.165) is 47.3 Å². The van der Waals surface area contributed by atoms with Crippen molar-refractivity contribution in [3.8, 4) is 0 Å². The summed E-state index contributed by atoms with van der Waals surface area (Å²) in [6, 6.07) is 1.33. The maximum Gasteiger partial charge on any atom is 0.242 e. The summed E-state index contributed by atoms with van der Waals surface area (Å²) >= 11 is 0. The predicted octanol–water partition coefficient (Wildman–Crippen LogP) is 9.39. The van der Waals surface area contributed by atoms with Crippen LogP contribution >= 0.6 is 0 Å². The third-order valence-corrected chi connectivity index (χ3v) is 25.1. The summed E-state index contributed by atoms with van der Waals surface area (Å²) in [6.07, 6.45) is 10.2. The van der Waals surface area contributed by atoms with Gasteiger partial charge in [0.2, 0.25) is 9.20 Å². The Hall–Kier alpha value is 0.571. The van der Waals surface area contributed by atoms with Crippen LogP contribution < -0.4 is 0 Å². The van der Waals surface area contributed by atoms with E-state index in [9.17, 15) is 0 Å². The molecular formula is C30H65NOSi3. The summed E-state index contributed by atoms with van der Waals surface area (Å²) in [5.41, 5.74) is 0. The van der Waals surface area contributed by atoms with E-state index >= 15 is 0 Å². The summed E-state index contributed by atoms with van der Waals surface area (Å²) in [5, 5.41) is 0. The van der Waals surface area contributed by atoms with E-state index in [1.165, 1.54) is 51.0 Å². The van der Waals surface area contributed by atoms with Gasteiger partial charge in [-0.1, -0.05) is 107 Å². The van der Waals surface area contributed by atoms with Gasteiger partial charge in [0.1, 0.15) is 16.5 Å². The molecule has 0 N–H and O–H groups in total. The van der Waals surface area contributed by atoms with Crippen LogP contribution in [0.2, 0.25) is 45.3 Å². The van der Waals surface area contributed by atoms with Crippen molar-refractivity contribution in [2.45, 2.75) is 145 Å². The van der Waals surface area contributed by atoms with Crippen LogP contribution in [-0.4, -0.2) is 35.7 Å². The van der Waals surface area contributed by atoms with Gasteiger partial charge in [-0.05, 0) is 79.1 Å². The number of rotatable bonds is 11. The molecule has 0 bridgehead atoms. The first-order chi connectivity index (χ1) is 16.1. The average Bonchev–Trinajstić information content (AvgIpc) is 2.69. The molecule has 2 nitrogen and oxygen atoms in total. The maximum absolute atomic E-state index is 7.88. The van der Waals surface area contributed by atoms with Crippen LogP contribution in [-0.2, 0) is 4.43 Å². The second kappa shape index (κ2) is 13.1. The van der Waals surface area contributed by atoms with Crippen molar-refractivity contribution in [3.05, 3.63) is 0 Å². The molecule has 2 rings (SSSR count). The third-order valence-electron chi connectivity index (χ3n) is 9.57. The van der Waals surface area contributed by atoms with E-state index < -0.39 is 25.7 Å². The van der Waals surface area contributed by atoms with Crippen molar-refractivity contribution in [1.29, 1.82) is 0 Å². The molecule has 0 saturated heterocycles. The normalized spacial score (nSPS) is 32.9. The Labute approximate surface area is 225 Å². The Kier molecular flexibility index (Phi) is 11.9. The molecule has 2 aliphatic carbocycles. The second-order valence-corrected chi connectivity index (χ2v) is 28.9. The lowest BCUT2D eigenvalue weighted by Gasteiger charge is -2.53. The lowest BCUT2D eigenvalue weighted by atomic mass is 9.60. The Balaban J connectivity index is 2.58. The average molecular weight is 540 g/mol. The van der Waals surface area contributed by atoms with Crippen molar-refractivity contribution in [1.82, 2.24) is 3.90 Å². The van der Waals surface area contributed by atoms with E-state index in [-0.39, 0.29) is 0 Å². The van der Waals surface area contributed by atoms with Crippen LogP contribution in [0.5, 0.6) is 0 Å². The smallest absolute Gasteiger partial charge is 0.242 e. The SMILES string of the molecule is CCC[SiH](OC(C1CC(C)CCC1C(C)C)C1CC(C)CCC1C(C)C)N([Si](C)(C)C)[Si](C)(C)C. The van der Waals surface area contributed by atoms with E-state index in [1.54, 1.807) is 0 Å². The zero-order valence-corrected chi connectivity index (χ0v) is 29.4. The quantitative estimate of drug-likeness (QED) is 0.242. The molecule has 2 saturated carbocycles. The van der Waals surface area contributed by atoms with Crippen LogP contribution in [0.4, 0.5) is 0 Å². The van der Waals surface area contributed by atoms with Crippen molar-refractivity contribution in [2.24, 2.45) is 47.3 Å². The summed E-state index contributed by atoms with van der Waals surface area (Å²) in [6.45, 7) is 33.1. The molecule has 2 fully saturated rings. The first-order valence-corrected chi connectivity index (χ1v) is 24.2. The Morgan fingerprint density at radius 3 is 1.43 bits per heavy atom. The van der Waals surface area contributed by atoms with Crippen LogP contribution in [0.15, 0.2) is 0 Å². The molecule has 0 spiro atoms. The molecule has 35 heavy (non-hydrogen) atoms. The summed E-state index contributed by atoms with van der Waals surface area (Å²) < 4.78 is 11.0. The van der Waals surface area contributed by atoms with E-state index in [4.69, 9.17) is 4.43 Å². The molecule has 0 heterocycles. The monoisotopic (exact) mass is 539 g/mol. The summed E-state index contributed by atoms with van der Waals surface area (Å²) in [5.74, 6) is 6.45. The number of hydrogen-bond donors (Lipinski definition) is 0. The molecule has 0 aliphatic heterocycles. The van der Waals surface area contributed by atoms with Gasteiger partial charge in [0.25, 0.3) is 0 Å². The zero-order valence-electron chi connectivity index (χ0n) is 26.3. The molecule has 0 amide bonds. The maximum atomic E-state index is 7.88. The standard InChI is InChI=1S/C30H65NOSi3/c1-14-19-33(31(34(8,9)10)35(11,12)13)32-30(28-20-24(6)15-17-26(28)22(2)3)29-21-25(7)16-18-27(29)23(4)5/h22-30,33H,14-21H2,1-13H3. The molecule has 7 atom stereocenters. The largest absolute Gasteiger partial charge is 0.403 e. The molecule has 0 radical (unpaired) electrons. The topological polar surface area (TPSA) is 12.5 Å². The van der Waals surface area contributed by atoms with Crippen LogP contribution in [0.3, 0.4) is 0 Å². The van der Waals surface area contributed by atoms with E-state index in [2.05, 4.69) is 91.6 Å². The summed E-state index contributed by atoms with van der Waals surface area (Å²) in [4.78, 5) is 0. The van der Waals surface area contributed by atoms with Gasteiger partial charge in [0.15, 0.2) is 0 Å². The minimum atomic E-state index is -1.50. The van der Waals surface area contributed by atoms with Gasteiger partial charge in [0.05, 0.1) is 6.10 Å². The Morgan fingerprint density at radius 2 is 1.11 bits per heavy atom. The minimum Gasteiger partial charge on any atom is -0.403 e. The predicted molar refractivity (Wildman–Crippen MR) is 165 cm³/mol. The highest BCUT2D eigenvalue weighted by Crippen LogP contribution is 2.49. The third kappa shape index (κ3) is 8.53. The van der Waals surface area contributed by atoms with E-state index in [1.807, 2.05) is 0 Å². The van der Waals surface area contributed by atoms with Gasteiger partial charge in [0, 0.05) is 0 Å². The lowest BCUT2D eigenvalue weighted by Crippen LogP contribution is -2.67. The molecule has 0 aromatic heterocycles. The fourth-order valence-electron chi connectivity index (χ4n) is 8.38. The van der Waals surface area contributed by atoms with Crippen molar-refractivity contribution in [3.63, 3.8) is 0 Å². The molecule has 0 aromatic rings. The van der Waals surface area contributed by atoms with Gasteiger partial charge in [-0.25, -0.2) is 0 Å². The molecular weight excluding hydrogens is 475 g/mol. The summed E-state index contributed by atoms with van der Waals surface area (Å²) in [7, 11) is -4.42. The van der Waals surface area contributed by atoms with Gasteiger partial charge >= 0.3 is 0 Å². The lowest BCUT2D eigenvalue weighted by molar-refractivity contribution is -0.0505. The highest BCUT2D eigenvalue weighted by molar-refractivity contribution is 6.98. The van der Waals surface area contributed by atoms with Crippen molar-refractivity contribution in [2.75, 3.05) is 0 Å². The first kappa shape index (κ1) is 31.8. The van der Waals surface area contributed by atoms with Gasteiger partial charge in [-0.15, -0.1) is 0 Å². The van der Waals surface area contributed by atoms with Crippen LogP contribution in [0.25, 0.3) is 0 Å².